The first kappa shape index (κ1) is 22.4. The fourth-order valence-corrected chi connectivity index (χ4v) is 3.79. The number of halogens is 3. The van der Waals surface area contributed by atoms with Crippen molar-refractivity contribution in [3.63, 3.8) is 0 Å². The maximum Gasteiger partial charge on any atom is 0.416 e. The lowest BCUT2D eigenvalue weighted by molar-refractivity contribution is -0.137. The van der Waals surface area contributed by atoms with Crippen LogP contribution in [0.15, 0.2) is 65.7 Å². The SMILES string of the molecule is Cc1ccc(-c2cc3c4nn(CC(=O)Nc5cccc(C(F)(F)F)c5)c(=O)n4ccn3n2)cc1C. The lowest BCUT2D eigenvalue weighted by Crippen LogP contribution is -2.28. The van der Waals surface area contributed by atoms with Gasteiger partial charge in [0.05, 0.1) is 11.3 Å². The number of hydrogen-bond donors (Lipinski definition) is 1. The second kappa shape index (κ2) is 8.12. The number of rotatable bonds is 4. The van der Waals surface area contributed by atoms with Gasteiger partial charge in [-0.25, -0.2) is 18.4 Å². The highest BCUT2D eigenvalue weighted by Gasteiger charge is 2.30. The Morgan fingerprint density at radius 2 is 1.80 bits per heavy atom. The molecule has 0 saturated carbocycles. The van der Waals surface area contributed by atoms with Crippen molar-refractivity contribution in [2.24, 2.45) is 0 Å². The van der Waals surface area contributed by atoms with Crippen LogP contribution < -0.4 is 11.0 Å². The predicted molar refractivity (Wildman–Crippen MR) is 123 cm³/mol. The monoisotopic (exact) mass is 480 g/mol. The quantitative estimate of drug-likeness (QED) is 0.420. The number of nitrogens with zero attached hydrogens (tertiary/aromatic N) is 5. The molecule has 0 unspecified atom stereocenters. The first-order valence-electron chi connectivity index (χ1n) is 10.6. The highest BCUT2D eigenvalue weighted by atomic mass is 19.4. The minimum atomic E-state index is -4.54. The number of nitrogens with one attached hydrogen (secondary N) is 1. The maximum atomic E-state index is 12.9. The van der Waals surface area contributed by atoms with Gasteiger partial charge in [-0.15, -0.1) is 5.10 Å². The fourth-order valence-electron chi connectivity index (χ4n) is 3.79. The van der Waals surface area contributed by atoms with Gasteiger partial charge in [-0.05, 0) is 55.3 Å². The Kier molecular flexibility index (Phi) is 5.19. The number of benzene rings is 2. The molecule has 1 amide bonds. The standard InChI is InChI=1S/C24H19F3N6O2/c1-14-6-7-16(10-15(14)2)19-12-20-22-30-33(23(35)31(22)8-9-32(20)29-19)13-21(34)28-18-5-3-4-17(11-18)24(25,26)27/h3-12H,13H2,1-2H3,(H,28,34). The second-order valence-electron chi connectivity index (χ2n) is 8.22. The summed E-state index contributed by atoms with van der Waals surface area (Å²) in [5.41, 5.74) is 3.28. The number of hydrogen-bond acceptors (Lipinski definition) is 4. The average Bonchev–Trinajstić information content (AvgIpc) is 3.37. The van der Waals surface area contributed by atoms with Gasteiger partial charge in [0.2, 0.25) is 5.91 Å². The van der Waals surface area contributed by atoms with E-state index < -0.39 is 29.9 Å². The van der Waals surface area contributed by atoms with Crippen molar-refractivity contribution in [2.45, 2.75) is 26.6 Å². The van der Waals surface area contributed by atoms with Crippen LogP contribution in [0.1, 0.15) is 16.7 Å². The first-order valence-corrected chi connectivity index (χ1v) is 10.6. The average molecular weight is 480 g/mol. The topological polar surface area (TPSA) is 85.7 Å². The Hall–Kier alpha value is -4.41. The van der Waals surface area contributed by atoms with Crippen LogP contribution in [0.3, 0.4) is 0 Å². The molecule has 11 heteroatoms. The first-order chi connectivity index (χ1) is 16.6. The van der Waals surface area contributed by atoms with E-state index in [-0.39, 0.29) is 5.69 Å². The van der Waals surface area contributed by atoms with Gasteiger partial charge in [-0.3, -0.25) is 4.79 Å². The van der Waals surface area contributed by atoms with Crippen LogP contribution in [0.4, 0.5) is 18.9 Å². The van der Waals surface area contributed by atoms with E-state index in [2.05, 4.69) is 15.5 Å². The molecule has 3 heterocycles. The van der Waals surface area contributed by atoms with Gasteiger partial charge in [0.15, 0.2) is 5.65 Å². The molecule has 0 saturated heterocycles. The Balaban J connectivity index is 1.45. The van der Waals surface area contributed by atoms with Crippen molar-refractivity contribution >= 4 is 22.8 Å². The number of amides is 1. The normalized spacial score (nSPS) is 11.9. The van der Waals surface area contributed by atoms with E-state index in [9.17, 15) is 22.8 Å². The highest BCUT2D eigenvalue weighted by molar-refractivity contribution is 5.90. The smallest absolute Gasteiger partial charge is 0.324 e. The molecule has 0 bridgehead atoms. The highest BCUT2D eigenvalue weighted by Crippen LogP contribution is 2.30. The minimum absolute atomic E-state index is 0.0298. The zero-order chi connectivity index (χ0) is 24.9. The summed E-state index contributed by atoms with van der Waals surface area (Å²) in [5.74, 6) is -0.685. The summed E-state index contributed by atoms with van der Waals surface area (Å²) >= 11 is 0. The third-order valence-corrected chi connectivity index (χ3v) is 5.76. The third kappa shape index (κ3) is 4.16. The van der Waals surface area contributed by atoms with Gasteiger partial charge in [0, 0.05) is 23.6 Å². The van der Waals surface area contributed by atoms with E-state index in [0.717, 1.165) is 33.5 Å². The molecule has 0 fully saturated rings. The zero-order valence-corrected chi connectivity index (χ0v) is 18.7. The minimum Gasteiger partial charge on any atom is -0.324 e. The van der Waals surface area contributed by atoms with Crippen molar-refractivity contribution in [3.05, 3.63) is 88.1 Å². The molecule has 0 spiro atoms. The molecule has 8 nitrogen and oxygen atoms in total. The Morgan fingerprint density at radius 1 is 1.00 bits per heavy atom. The maximum absolute atomic E-state index is 12.9. The zero-order valence-electron chi connectivity index (χ0n) is 18.7. The molecule has 178 valence electrons. The molecule has 0 aliphatic carbocycles. The van der Waals surface area contributed by atoms with Crippen molar-refractivity contribution < 1.29 is 18.0 Å². The molecular weight excluding hydrogens is 461 g/mol. The van der Waals surface area contributed by atoms with Crippen LogP contribution in [0.2, 0.25) is 0 Å². The van der Waals surface area contributed by atoms with Gasteiger partial charge < -0.3 is 5.32 Å². The summed E-state index contributed by atoms with van der Waals surface area (Å²) in [6.45, 7) is 3.56. The van der Waals surface area contributed by atoms with Gasteiger partial charge in [-0.1, -0.05) is 18.2 Å². The van der Waals surface area contributed by atoms with Crippen molar-refractivity contribution in [1.82, 2.24) is 23.8 Å². The van der Waals surface area contributed by atoms with E-state index in [1.165, 1.54) is 22.7 Å². The van der Waals surface area contributed by atoms with Crippen LogP contribution in [-0.4, -0.2) is 29.7 Å². The molecular formula is C24H19F3N6O2. The lowest BCUT2D eigenvalue weighted by atomic mass is 10.0. The third-order valence-electron chi connectivity index (χ3n) is 5.76. The van der Waals surface area contributed by atoms with Gasteiger partial charge >= 0.3 is 11.9 Å². The van der Waals surface area contributed by atoms with E-state index >= 15 is 0 Å². The fraction of sp³-hybridized carbons (Fsp3) is 0.167. The summed E-state index contributed by atoms with van der Waals surface area (Å²) in [4.78, 5) is 25.3. The van der Waals surface area contributed by atoms with Crippen molar-refractivity contribution in [3.8, 4) is 11.3 Å². The van der Waals surface area contributed by atoms with Crippen molar-refractivity contribution in [2.75, 3.05) is 5.32 Å². The van der Waals surface area contributed by atoms with Crippen LogP contribution in [0.5, 0.6) is 0 Å². The number of aromatic nitrogens is 5. The van der Waals surface area contributed by atoms with E-state index in [4.69, 9.17) is 0 Å². The summed E-state index contributed by atoms with van der Waals surface area (Å²) in [5, 5.41) is 11.2. The molecule has 5 rings (SSSR count). The summed E-state index contributed by atoms with van der Waals surface area (Å²) < 4.78 is 42.6. The number of anilines is 1. The molecule has 0 aliphatic rings. The Morgan fingerprint density at radius 3 is 2.54 bits per heavy atom. The van der Waals surface area contributed by atoms with Gasteiger partial charge in [0.25, 0.3) is 0 Å². The van der Waals surface area contributed by atoms with Crippen LogP contribution >= 0.6 is 0 Å². The molecule has 3 aromatic heterocycles. The second-order valence-corrected chi connectivity index (χ2v) is 8.22. The number of carbonyl (C=O) groups excluding carboxylic acids is 1. The van der Waals surface area contributed by atoms with E-state index in [1.54, 1.807) is 16.8 Å². The number of fused-ring (bicyclic) bond motifs is 3. The number of alkyl halides is 3. The van der Waals surface area contributed by atoms with Crippen LogP contribution in [0.25, 0.3) is 22.4 Å². The van der Waals surface area contributed by atoms with Crippen molar-refractivity contribution in [1.29, 1.82) is 0 Å². The Bertz CT molecular complexity index is 1660. The molecule has 1 N–H and O–H groups in total. The lowest BCUT2D eigenvalue weighted by Gasteiger charge is -2.09. The summed E-state index contributed by atoms with van der Waals surface area (Å²) in [6.07, 6.45) is -1.43. The largest absolute Gasteiger partial charge is 0.416 e. The van der Waals surface area contributed by atoms with Gasteiger partial charge in [-0.2, -0.15) is 18.3 Å². The van der Waals surface area contributed by atoms with E-state index in [0.29, 0.717) is 16.9 Å². The van der Waals surface area contributed by atoms with Crippen LogP contribution in [0, 0.1) is 13.8 Å². The molecule has 0 atom stereocenters. The molecule has 5 aromatic rings. The summed E-state index contributed by atoms with van der Waals surface area (Å²) in [7, 11) is 0. The van der Waals surface area contributed by atoms with Crippen LogP contribution in [-0.2, 0) is 17.5 Å². The number of carbonyl (C=O) groups is 1. The molecule has 0 aliphatic heterocycles. The van der Waals surface area contributed by atoms with E-state index in [1.807, 2.05) is 32.0 Å². The molecule has 0 radical (unpaired) electrons. The number of aryl methyl sites for hydroxylation is 2. The Labute approximate surface area is 196 Å². The molecule has 2 aromatic carbocycles. The molecule has 35 heavy (non-hydrogen) atoms. The van der Waals surface area contributed by atoms with Gasteiger partial charge in [0.1, 0.15) is 12.1 Å². The predicted octanol–water partition coefficient (Wildman–Crippen LogP) is 4.09. The summed E-state index contributed by atoms with van der Waals surface area (Å²) in [6, 6.07) is 12.1.